The molecule has 5 nitrogen and oxygen atoms in total. The van der Waals surface area contributed by atoms with Crippen LogP contribution >= 0.6 is 11.6 Å². The fraction of sp³-hybridized carbons (Fsp3) is 0.214. The predicted octanol–water partition coefficient (Wildman–Crippen LogP) is 6.50. The molecular weight excluding hydrogens is 448 g/mol. The molecule has 0 bridgehead atoms. The fourth-order valence-corrected chi connectivity index (χ4v) is 4.02. The fourth-order valence-electron chi connectivity index (χ4n) is 3.73. The molecule has 0 aliphatic carbocycles. The minimum atomic E-state index is -0.513. The summed E-state index contributed by atoms with van der Waals surface area (Å²) >= 11 is 6.66. The van der Waals surface area contributed by atoms with E-state index in [1.807, 2.05) is 19.1 Å². The van der Waals surface area contributed by atoms with Crippen molar-refractivity contribution in [3.63, 3.8) is 0 Å². The second-order valence-electron chi connectivity index (χ2n) is 7.94. The first-order valence-corrected chi connectivity index (χ1v) is 11.3. The number of ether oxygens (including phenoxy) is 2. The summed E-state index contributed by atoms with van der Waals surface area (Å²) in [5.41, 5.74) is 5.50. The highest BCUT2D eigenvalue weighted by Gasteiger charge is 2.15. The summed E-state index contributed by atoms with van der Waals surface area (Å²) in [6, 6.07) is 18.8. The number of anilines is 1. The van der Waals surface area contributed by atoms with Gasteiger partial charge in [0.2, 0.25) is 0 Å². The van der Waals surface area contributed by atoms with Crippen molar-refractivity contribution in [3.8, 4) is 17.6 Å². The Balaban J connectivity index is 1.90. The third kappa shape index (κ3) is 6.40. The van der Waals surface area contributed by atoms with Crippen molar-refractivity contribution >= 4 is 29.3 Å². The molecular formula is C28H27ClN2O3. The summed E-state index contributed by atoms with van der Waals surface area (Å²) in [4.78, 5) is 12.7. The number of amides is 1. The van der Waals surface area contributed by atoms with Crippen LogP contribution < -0.4 is 14.8 Å². The lowest BCUT2D eigenvalue weighted by atomic mass is 9.98. The molecule has 0 aromatic heterocycles. The van der Waals surface area contributed by atoms with Gasteiger partial charge in [0.15, 0.2) is 0 Å². The van der Waals surface area contributed by atoms with Gasteiger partial charge < -0.3 is 14.8 Å². The minimum absolute atomic E-state index is 0.0450. The Morgan fingerprint density at radius 1 is 1.09 bits per heavy atom. The summed E-state index contributed by atoms with van der Waals surface area (Å²) in [6.45, 7) is 6.50. The topological polar surface area (TPSA) is 71.3 Å². The van der Waals surface area contributed by atoms with Crippen LogP contribution in [-0.4, -0.2) is 19.6 Å². The first kappa shape index (κ1) is 24.9. The van der Waals surface area contributed by atoms with Gasteiger partial charge in [-0.1, -0.05) is 40.9 Å². The van der Waals surface area contributed by atoms with Crippen molar-refractivity contribution in [3.05, 3.63) is 93.0 Å². The molecule has 1 N–H and O–H groups in total. The predicted molar refractivity (Wildman–Crippen MR) is 137 cm³/mol. The maximum Gasteiger partial charge on any atom is 0.266 e. The number of aryl methyl sites for hydroxylation is 2. The zero-order chi connectivity index (χ0) is 24.7. The molecule has 6 heteroatoms. The molecule has 0 saturated heterocycles. The number of hydrogen-bond donors (Lipinski definition) is 1. The van der Waals surface area contributed by atoms with E-state index in [1.165, 1.54) is 17.2 Å². The second kappa shape index (κ2) is 11.4. The van der Waals surface area contributed by atoms with Gasteiger partial charge in [0.05, 0.1) is 13.7 Å². The number of carbonyl (C=O) groups excluding carboxylic acids is 1. The monoisotopic (exact) mass is 474 g/mol. The summed E-state index contributed by atoms with van der Waals surface area (Å²) in [6.07, 6.45) is 2.12. The van der Waals surface area contributed by atoms with Crippen molar-refractivity contribution in [2.24, 2.45) is 0 Å². The number of halogens is 1. The average molecular weight is 475 g/mol. The Labute approximate surface area is 205 Å². The summed E-state index contributed by atoms with van der Waals surface area (Å²) in [7, 11) is 1.57. The quantitative estimate of drug-likeness (QED) is 0.299. The molecule has 0 aliphatic heterocycles. The highest BCUT2D eigenvalue weighted by molar-refractivity contribution is 6.31. The van der Waals surface area contributed by atoms with Crippen molar-refractivity contribution in [1.29, 1.82) is 5.26 Å². The van der Waals surface area contributed by atoms with Gasteiger partial charge >= 0.3 is 0 Å². The molecule has 34 heavy (non-hydrogen) atoms. The van der Waals surface area contributed by atoms with Crippen LogP contribution in [0.2, 0.25) is 5.02 Å². The Bertz CT molecular complexity index is 1240. The van der Waals surface area contributed by atoms with Gasteiger partial charge in [-0.25, -0.2) is 0 Å². The molecule has 0 aliphatic rings. The lowest BCUT2D eigenvalue weighted by Crippen LogP contribution is -2.13. The van der Waals surface area contributed by atoms with Crippen molar-refractivity contribution < 1.29 is 14.3 Å². The number of benzene rings is 3. The van der Waals surface area contributed by atoms with Gasteiger partial charge in [-0.05, 0) is 74.4 Å². The van der Waals surface area contributed by atoms with Gasteiger partial charge in [-0.15, -0.1) is 0 Å². The molecule has 3 rings (SSSR count). The van der Waals surface area contributed by atoms with Crippen LogP contribution in [0, 0.1) is 25.2 Å². The molecule has 0 saturated carbocycles. The molecule has 1 amide bonds. The summed E-state index contributed by atoms with van der Waals surface area (Å²) in [5.74, 6) is 0.794. The van der Waals surface area contributed by atoms with Crippen molar-refractivity contribution in [2.75, 3.05) is 19.0 Å². The van der Waals surface area contributed by atoms with Gasteiger partial charge in [-0.3, -0.25) is 4.79 Å². The third-order valence-corrected chi connectivity index (χ3v) is 5.50. The standard InChI is InChI=1S/C28H27ClN2O3/c1-5-34-27-16-21(15-26(29)25(27)14-20-11-18(2)10-19(3)12-20)13-22(17-30)28(32)31-23-6-8-24(33-4)9-7-23/h6-13,15-16H,5,14H2,1-4H3,(H,31,32)/b22-13+. The van der Waals surface area contributed by atoms with Gasteiger partial charge in [0.25, 0.3) is 5.91 Å². The molecule has 0 atom stereocenters. The summed E-state index contributed by atoms with van der Waals surface area (Å²) < 4.78 is 11.0. The van der Waals surface area contributed by atoms with Crippen LogP contribution in [0.5, 0.6) is 11.5 Å². The van der Waals surface area contributed by atoms with Crippen molar-refractivity contribution in [2.45, 2.75) is 27.2 Å². The molecule has 174 valence electrons. The summed E-state index contributed by atoms with van der Waals surface area (Å²) in [5, 5.41) is 12.8. The number of carbonyl (C=O) groups is 1. The van der Waals surface area contributed by atoms with E-state index in [0.29, 0.717) is 40.8 Å². The molecule has 3 aromatic rings. The van der Waals surface area contributed by atoms with E-state index in [4.69, 9.17) is 21.1 Å². The maximum atomic E-state index is 12.7. The highest BCUT2D eigenvalue weighted by Crippen LogP contribution is 2.32. The molecule has 0 heterocycles. The first-order valence-electron chi connectivity index (χ1n) is 10.9. The van der Waals surface area contributed by atoms with Crippen molar-refractivity contribution in [1.82, 2.24) is 0 Å². The smallest absolute Gasteiger partial charge is 0.266 e. The zero-order valence-corrected chi connectivity index (χ0v) is 20.5. The van der Waals surface area contributed by atoms with Crippen LogP contribution in [0.15, 0.2) is 60.2 Å². The van der Waals surface area contributed by atoms with E-state index in [-0.39, 0.29) is 5.57 Å². The number of rotatable bonds is 8. The van der Waals surface area contributed by atoms with Crippen LogP contribution in [0.3, 0.4) is 0 Å². The molecule has 0 radical (unpaired) electrons. The van der Waals surface area contributed by atoms with Crippen LogP contribution in [0.25, 0.3) is 6.08 Å². The van der Waals surface area contributed by atoms with Gasteiger partial charge in [0, 0.05) is 22.7 Å². The number of nitrogens with one attached hydrogen (secondary N) is 1. The maximum absolute atomic E-state index is 12.7. The SMILES string of the molecule is CCOc1cc(/C=C(\C#N)C(=O)Nc2ccc(OC)cc2)cc(Cl)c1Cc1cc(C)cc(C)c1. The van der Waals surface area contributed by atoms with E-state index in [9.17, 15) is 10.1 Å². The minimum Gasteiger partial charge on any atom is -0.497 e. The van der Waals surface area contributed by atoms with Crippen LogP contribution in [0.4, 0.5) is 5.69 Å². The average Bonchev–Trinajstić information content (AvgIpc) is 2.79. The Hall–Kier alpha value is -3.75. The van der Waals surface area contributed by atoms with E-state index >= 15 is 0 Å². The number of methoxy groups -OCH3 is 1. The van der Waals surface area contributed by atoms with E-state index in [0.717, 1.165) is 11.1 Å². The third-order valence-electron chi connectivity index (χ3n) is 5.16. The lowest BCUT2D eigenvalue weighted by Gasteiger charge is -2.14. The zero-order valence-electron chi connectivity index (χ0n) is 19.7. The van der Waals surface area contributed by atoms with E-state index in [1.54, 1.807) is 37.4 Å². The number of nitrogens with zero attached hydrogens (tertiary/aromatic N) is 1. The molecule has 0 unspecified atom stereocenters. The van der Waals surface area contributed by atoms with E-state index < -0.39 is 5.91 Å². The van der Waals surface area contributed by atoms with Crippen LogP contribution in [0.1, 0.15) is 34.7 Å². The molecule has 3 aromatic carbocycles. The highest BCUT2D eigenvalue weighted by atomic mass is 35.5. The van der Waals surface area contributed by atoms with Gasteiger partial charge in [-0.2, -0.15) is 5.26 Å². The van der Waals surface area contributed by atoms with Gasteiger partial charge in [0.1, 0.15) is 23.1 Å². The molecule has 0 spiro atoms. The normalized spacial score (nSPS) is 11.0. The second-order valence-corrected chi connectivity index (χ2v) is 8.34. The van der Waals surface area contributed by atoms with E-state index in [2.05, 4.69) is 37.4 Å². The number of nitriles is 1. The van der Waals surface area contributed by atoms with Crippen LogP contribution in [-0.2, 0) is 11.2 Å². The lowest BCUT2D eigenvalue weighted by molar-refractivity contribution is -0.112. The Kier molecular flexibility index (Phi) is 8.34. The Morgan fingerprint density at radius 3 is 2.35 bits per heavy atom. The number of hydrogen-bond acceptors (Lipinski definition) is 4. The molecule has 0 fully saturated rings. The largest absolute Gasteiger partial charge is 0.497 e. The first-order chi connectivity index (χ1) is 16.3. The Morgan fingerprint density at radius 2 is 1.76 bits per heavy atom.